The lowest BCUT2D eigenvalue weighted by molar-refractivity contribution is 0.0465. The van der Waals surface area contributed by atoms with Crippen LogP contribution in [0.15, 0.2) is 36.4 Å². The van der Waals surface area contributed by atoms with Gasteiger partial charge in [-0.3, -0.25) is 4.79 Å². The quantitative estimate of drug-likeness (QED) is 0.530. The lowest BCUT2D eigenvalue weighted by atomic mass is 10.1. The predicted octanol–water partition coefficient (Wildman–Crippen LogP) is 3.66. The van der Waals surface area contributed by atoms with Crippen LogP contribution >= 0.6 is 0 Å². The third-order valence-corrected chi connectivity index (χ3v) is 3.75. The Balaban J connectivity index is 2.24. The van der Waals surface area contributed by atoms with Crippen LogP contribution in [0.1, 0.15) is 40.1 Å². The summed E-state index contributed by atoms with van der Waals surface area (Å²) in [4.78, 5) is 24.1. The monoisotopic (exact) mass is 358 g/mol. The van der Waals surface area contributed by atoms with Gasteiger partial charge in [-0.2, -0.15) is 0 Å². The van der Waals surface area contributed by atoms with E-state index in [9.17, 15) is 9.59 Å². The van der Waals surface area contributed by atoms with Crippen molar-refractivity contribution in [3.05, 3.63) is 53.1 Å². The van der Waals surface area contributed by atoms with E-state index in [1.54, 1.807) is 36.4 Å². The molecule has 0 aliphatic rings. The van der Waals surface area contributed by atoms with Crippen LogP contribution in [0, 0.1) is 0 Å². The summed E-state index contributed by atoms with van der Waals surface area (Å²) in [6.07, 6.45) is 0. The molecule has 0 aliphatic carbocycles. The Labute approximate surface area is 152 Å². The van der Waals surface area contributed by atoms with Gasteiger partial charge in [0, 0.05) is 11.1 Å². The van der Waals surface area contributed by atoms with Gasteiger partial charge in [0.05, 0.1) is 20.8 Å². The highest BCUT2D eigenvalue weighted by molar-refractivity contribution is 5.95. The number of hydrogen-bond acceptors (Lipinski definition) is 6. The molecule has 2 aromatic rings. The molecule has 0 bridgehead atoms. The normalized spacial score (nSPS) is 10.2. The lowest BCUT2D eigenvalue weighted by Gasteiger charge is -2.14. The van der Waals surface area contributed by atoms with E-state index >= 15 is 0 Å². The molecular weight excluding hydrogens is 336 g/mol. The second-order valence-corrected chi connectivity index (χ2v) is 5.43. The van der Waals surface area contributed by atoms with Gasteiger partial charge in [0.25, 0.3) is 0 Å². The van der Waals surface area contributed by atoms with E-state index in [1.165, 1.54) is 21.1 Å². The second-order valence-electron chi connectivity index (χ2n) is 5.43. The highest BCUT2D eigenvalue weighted by atomic mass is 16.5. The maximum Gasteiger partial charge on any atom is 0.342 e. The van der Waals surface area contributed by atoms with E-state index in [-0.39, 0.29) is 18.0 Å². The molecule has 6 nitrogen and oxygen atoms in total. The number of esters is 1. The van der Waals surface area contributed by atoms with Gasteiger partial charge >= 0.3 is 5.97 Å². The van der Waals surface area contributed by atoms with Gasteiger partial charge in [0.2, 0.25) is 0 Å². The number of carbonyl (C=O) groups excluding carboxylic acids is 2. The van der Waals surface area contributed by atoms with Crippen molar-refractivity contribution in [1.29, 1.82) is 0 Å². The Morgan fingerprint density at radius 2 is 1.77 bits per heavy atom. The Morgan fingerprint density at radius 3 is 2.38 bits per heavy atom. The fourth-order valence-electron chi connectivity index (χ4n) is 2.48. The molecule has 2 rings (SSSR count). The fourth-order valence-corrected chi connectivity index (χ4v) is 2.48. The molecule has 0 aromatic heterocycles. The van der Waals surface area contributed by atoms with Crippen molar-refractivity contribution < 1.29 is 28.5 Å². The first-order valence-corrected chi connectivity index (χ1v) is 8.16. The molecule has 0 atom stereocenters. The second kappa shape index (κ2) is 8.89. The van der Waals surface area contributed by atoms with Gasteiger partial charge in [-0.05, 0) is 44.2 Å². The van der Waals surface area contributed by atoms with Crippen LogP contribution in [0.3, 0.4) is 0 Å². The van der Waals surface area contributed by atoms with Crippen molar-refractivity contribution >= 4 is 11.8 Å². The number of carbonyl (C=O) groups is 2. The summed E-state index contributed by atoms with van der Waals surface area (Å²) in [5.41, 5.74) is 1.40. The third kappa shape index (κ3) is 4.33. The number of para-hydroxylation sites is 1. The van der Waals surface area contributed by atoms with Crippen LogP contribution < -0.4 is 14.2 Å². The SMILES string of the molecule is CCOc1ccc(C(C)=O)cc1COC(=O)c1cccc(OC)c1OC. The summed E-state index contributed by atoms with van der Waals surface area (Å²) in [6.45, 7) is 3.77. The largest absolute Gasteiger partial charge is 0.493 e. The molecule has 0 heterocycles. The van der Waals surface area contributed by atoms with E-state index in [4.69, 9.17) is 18.9 Å². The van der Waals surface area contributed by atoms with Crippen molar-refractivity contribution in [3.63, 3.8) is 0 Å². The third-order valence-electron chi connectivity index (χ3n) is 3.75. The predicted molar refractivity (Wildman–Crippen MR) is 96.3 cm³/mol. The number of rotatable bonds is 8. The van der Waals surface area contributed by atoms with Gasteiger partial charge in [0.15, 0.2) is 17.3 Å². The van der Waals surface area contributed by atoms with Crippen LogP contribution in [0.5, 0.6) is 17.2 Å². The van der Waals surface area contributed by atoms with Crippen molar-refractivity contribution in [2.75, 3.05) is 20.8 Å². The molecule has 0 aliphatic heterocycles. The van der Waals surface area contributed by atoms with E-state index in [2.05, 4.69) is 0 Å². The topological polar surface area (TPSA) is 71.1 Å². The van der Waals surface area contributed by atoms with Crippen LogP contribution in [0.4, 0.5) is 0 Å². The summed E-state index contributed by atoms with van der Waals surface area (Å²) >= 11 is 0. The summed E-state index contributed by atoms with van der Waals surface area (Å²) in [5, 5.41) is 0. The fraction of sp³-hybridized carbons (Fsp3) is 0.300. The molecule has 26 heavy (non-hydrogen) atoms. The molecule has 2 aromatic carbocycles. The van der Waals surface area contributed by atoms with Crippen LogP contribution in [0.2, 0.25) is 0 Å². The Hall–Kier alpha value is -3.02. The minimum atomic E-state index is -0.559. The van der Waals surface area contributed by atoms with Crippen molar-refractivity contribution in [1.82, 2.24) is 0 Å². The highest BCUT2D eigenvalue weighted by Crippen LogP contribution is 2.31. The maximum absolute atomic E-state index is 12.5. The molecular formula is C20H22O6. The number of hydrogen-bond donors (Lipinski definition) is 0. The van der Waals surface area contributed by atoms with Crippen molar-refractivity contribution in [2.45, 2.75) is 20.5 Å². The number of Topliss-reactive ketones (excluding diaryl/α,β-unsaturated/α-hetero) is 1. The zero-order valence-corrected chi connectivity index (χ0v) is 15.3. The number of benzene rings is 2. The van der Waals surface area contributed by atoms with Crippen molar-refractivity contribution in [3.8, 4) is 17.2 Å². The Morgan fingerprint density at radius 1 is 1.00 bits per heavy atom. The maximum atomic E-state index is 12.5. The van der Waals surface area contributed by atoms with E-state index in [1.807, 2.05) is 6.92 Å². The van der Waals surface area contributed by atoms with Crippen molar-refractivity contribution in [2.24, 2.45) is 0 Å². The number of ketones is 1. The van der Waals surface area contributed by atoms with E-state index < -0.39 is 5.97 Å². The minimum Gasteiger partial charge on any atom is -0.493 e. The van der Waals surface area contributed by atoms with E-state index in [0.717, 1.165) is 0 Å². The number of ether oxygens (including phenoxy) is 4. The number of methoxy groups -OCH3 is 2. The highest BCUT2D eigenvalue weighted by Gasteiger charge is 2.18. The molecule has 6 heteroatoms. The van der Waals surface area contributed by atoms with Crippen LogP contribution in [-0.2, 0) is 11.3 Å². The molecule has 138 valence electrons. The summed E-state index contributed by atoms with van der Waals surface area (Å²) in [6, 6.07) is 10.0. The first kappa shape index (κ1) is 19.3. The summed E-state index contributed by atoms with van der Waals surface area (Å²) < 4.78 is 21.4. The Bertz CT molecular complexity index is 797. The molecule has 0 saturated heterocycles. The first-order valence-electron chi connectivity index (χ1n) is 8.16. The van der Waals surface area contributed by atoms with Gasteiger partial charge in [-0.15, -0.1) is 0 Å². The van der Waals surface area contributed by atoms with Crippen LogP contribution in [-0.4, -0.2) is 32.6 Å². The Kier molecular flexibility index (Phi) is 6.60. The average Bonchev–Trinajstić information content (AvgIpc) is 2.66. The molecule has 0 spiro atoms. The lowest BCUT2D eigenvalue weighted by Crippen LogP contribution is -2.09. The molecule has 0 N–H and O–H groups in total. The molecule has 0 saturated carbocycles. The minimum absolute atomic E-state index is 0.0321. The van der Waals surface area contributed by atoms with Crippen LogP contribution in [0.25, 0.3) is 0 Å². The van der Waals surface area contributed by atoms with E-state index in [0.29, 0.717) is 35.0 Å². The zero-order chi connectivity index (χ0) is 19.1. The summed E-state index contributed by atoms with van der Waals surface area (Å²) in [7, 11) is 2.95. The molecule has 0 amide bonds. The summed E-state index contributed by atoms with van der Waals surface area (Å²) in [5.74, 6) is 0.687. The van der Waals surface area contributed by atoms with Gasteiger partial charge in [-0.1, -0.05) is 6.07 Å². The zero-order valence-electron chi connectivity index (χ0n) is 15.3. The first-order chi connectivity index (χ1) is 12.5. The van der Waals surface area contributed by atoms with Gasteiger partial charge < -0.3 is 18.9 Å². The van der Waals surface area contributed by atoms with Gasteiger partial charge in [0.1, 0.15) is 17.9 Å². The molecule has 0 unspecified atom stereocenters. The molecule has 0 fully saturated rings. The smallest absolute Gasteiger partial charge is 0.342 e. The molecule has 0 radical (unpaired) electrons. The van der Waals surface area contributed by atoms with Gasteiger partial charge in [-0.25, -0.2) is 4.79 Å². The standard InChI is InChI=1S/C20H22O6/c1-5-25-17-10-9-14(13(2)21)11-15(17)12-26-20(22)16-7-6-8-18(23-3)19(16)24-4/h6-11H,5,12H2,1-4H3. The average molecular weight is 358 g/mol.